The van der Waals surface area contributed by atoms with Crippen LogP contribution in [-0.2, 0) is 9.53 Å². The van der Waals surface area contributed by atoms with Gasteiger partial charge in [-0.15, -0.1) is 0 Å². The summed E-state index contributed by atoms with van der Waals surface area (Å²) in [5.41, 5.74) is 4.79. The molecule has 1 aliphatic rings. The van der Waals surface area contributed by atoms with Crippen LogP contribution in [-0.4, -0.2) is 38.6 Å². The lowest BCUT2D eigenvalue weighted by molar-refractivity contribution is 0.143. The SMILES string of the molecule is O=[C]CNCCNC(=O)OCC1c2ccccc2-c2ccccc21. The predicted octanol–water partition coefficient (Wildman–Crippen LogP) is 2.22. The maximum Gasteiger partial charge on any atom is 0.407 e. The van der Waals surface area contributed by atoms with Gasteiger partial charge >= 0.3 is 6.09 Å². The van der Waals surface area contributed by atoms with E-state index in [0.29, 0.717) is 19.7 Å². The molecule has 1 amide bonds. The Labute approximate surface area is 141 Å². The molecule has 2 N–H and O–H groups in total. The first kappa shape index (κ1) is 16.2. The van der Waals surface area contributed by atoms with Crippen molar-refractivity contribution in [3.63, 3.8) is 0 Å². The van der Waals surface area contributed by atoms with Crippen LogP contribution >= 0.6 is 0 Å². The number of nitrogens with one attached hydrogen (secondary N) is 2. The Hall–Kier alpha value is -2.66. The average Bonchev–Trinajstić information content (AvgIpc) is 2.94. The molecule has 1 radical (unpaired) electrons. The van der Waals surface area contributed by atoms with Crippen LogP contribution in [0.25, 0.3) is 11.1 Å². The van der Waals surface area contributed by atoms with Crippen molar-refractivity contribution in [1.82, 2.24) is 10.6 Å². The van der Waals surface area contributed by atoms with E-state index in [2.05, 4.69) is 34.9 Å². The zero-order valence-corrected chi connectivity index (χ0v) is 13.2. The summed E-state index contributed by atoms with van der Waals surface area (Å²) in [5.74, 6) is 0.0611. The molecule has 0 bridgehead atoms. The van der Waals surface area contributed by atoms with Crippen molar-refractivity contribution < 1.29 is 14.3 Å². The highest BCUT2D eigenvalue weighted by atomic mass is 16.5. The maximum atomic E-state index is 11.8. The van der Waals surface area contributed by atoms with E-state index in [9.17, 15) is 9.59 Å². The van der Waals surface area contributed by atoms with Crippen LogP contribution < -0.4 is 10.6 Å². The Balaban J connectivity index is 1.59. The molecule has 0 atom stereocenters. The van der Waals surface area contributed by atoms with Gasteiger partial charge in [0, 0.05) is 19.0 Å². The molecule has 0 aliphatic heterocycles. The highest BCUT2D eigenvalue weighted by Crippen LogP contribution is 2.44. The number of hydrogen-bond donors (Lipinski definition) is 2. The summed E-state index contributed by atoms with van der Waals surface area (Å²) in [6.45, 7) is 1.36. The molecule has 24 heavy (non-hydrogen) atoms. The van der Waals surface area contributed by atoms with Crippen LogP contribution in [0.5, 0.6) is 0 Å². The fraction of sp³-hybridized carbons (Fsp3) is 0.263. The first-order valence-corrected chi connectivity index (χ1v) is 7.96. The largest absolute Gasteiger partial charge is 0.449 e. The number of carbonyl (C=O) groups is 1. The third-order valence-corrected chi connectivity index (χ3v) is 4.11. The molecule has 5 heteroatoms. The Morgan fingerprint density at radius 2 is 1.62 bits per heavy atom. The molecule has 0 heterocycles. The van der Waals surface area contributed by atoms with E-state index in [1.807, 2.05) is 24.3 Å². The zero-order chi connectivity index (χ0) is 16.8. The van der Waals surface area contributed by atoms with Crippen LogP contribution in [0.1, 0.15) is 17.0 Å². The summed E-state index contributed by atoms with van der Waals surface area (Å²) >= 11 is 0. The van der Waals surface area contributed by atoms with Crippen molar-refractivity contribution in [2.24, 2.45) is 0 Å². The van der Waals surface area contributed by atoms with E-state index in [1.54, 1.807) is 6.29 Å². The van der Waals surface area contributed by atoms with E-state index in [1.165, 1.54) is 22.3 Å². The summed E-state index contributed by atoms with van der Waals surface area (Å²) in [4.78, 5) is 21.9. The minimum atomic E-state index is -0.450. The molecule has 0 aromatic heterocycles. The van der Waals surface area contributed by atoms with Crippen molar-refractivity contribution in [1.29, 1.82) is 0 Å². The predicted molar refractivity (Wildman–Crippen MR) is 91.6 cm³/mol. The van der Waals surface area contributed by atoms with Crippen molar-refractivity contribution in [3.05, 3.63) is 59.7 Å². The third-order valence-electron chi connectivity index (χ3n) is 4.11. The van der Waals surface area contributed by atoms with E-state index < -0.39 is 6.09 Å². The molecular weight excluding hydrogens is 304 g/mol. The first-order chi connectivity index (χ1) is 11.8. The molecule has 0 unspecified atom stereocenters. The third kappa shape index (κ3) is 3.46. The molecule has 0 spiro atoms. The highest BCUT2D eigenvalue weighted by molar-refractivity contribution is 5.79. The zero-order valence-electron chi connectivity index (χ0n) is 13.2. The monoisotopic (exact) mass is 323 g/mol. The summed E-state index contributed by atoms with van der Waals surface area (Å²) in [7, 11) is 0. The first-order valence-electron chi connectivity index (χ1n) is 7.96. The second kappa shape index (κ2) is 7.75. The van der Waals surface area contributed by atoms with Crippen molar-refractivity contribution in [3.8, 4) is 11.1 Å². The number of hydrogen-bond acceptors (Lipinski definition) is 4. The molecule has 3 rings (SSSR count). The molecular formula is C19H19N2O3. The average molecular weight is 323 g/mol. The van der Waals surface area contributed by atoms with E-state index in [4.69, 9.17) is 4.74 Å². The van der Waals surface area contributed by atoms with Crippen LogP contribution in [0, 0.1) is 0 Å². The van der Waals surface area contributed by atoms with Gasteiger partial charge in [0.1, 0.15) is 6.61 Å². The molecule has 0 saturated carbocycles. The van der Waals surface area contributed by atoms with Gasteiger partial charge in [-0.05, 0) is 22.3 Å². The minimum Gasteiger partial charge on any atom is -0.449 e. The van der Waals surface area contributed by atoms with Gasteiger partial charge in [0.2, 0.25) is 6.29 Å². The molecule has 0 saturated heterocycles. The quantitative estimate of drug-likeness (QED) is 0.767. The summed E-state index contributed by atoms with van der Waals surface area (Å²) in [6.07, 6.45) is 1.28. The summed E-state index contributed by atoms with van der Waals surface area (Å²) in [6, 6.07) is 16.4. The number of rotatable bonds is 7. The van der Waals surface area contributed by atoms with Gasteiger partial charge in [0.25, 0.3) is 0 Å². The highest BCUT2D eigenvalue weighted by Gasteiger charge is 2.28. The van der Waals surface area contributed by atoms with Crippen molar-refractivity contribution in [2.75, 3.05) is 26.2 Å². The van der Waals surface area contributed by atoms with Gasteiger partial charge in [-0.1, -0.05) is 48.5 Å². The van der Waals surface area contributed by atoms with Gasteiger partial charge in [0.05, 0.1) is 6.54 Å². The molecule has 123 valence electrons. The fourth-order valence-electron chi connectivity index (χ4n) is 3.04. The lowest BCUT2D eigenvalue weighted by Crippen LogP contribution is -2.33. The number of ether oxygens (including phenoxy) is 1. The van der Waals surface area contributed by atoms with Crippen molar-refractivity contribution >= 4 is 12.4 Å². The second-order valence-corrected chi connectivity index (χ2v) is 5.57. The van der Waals surface area contributed by atoms with Gasteiger partial charge < -0.3 is 15.4 Å². The molecule has 0 fully saturated rings. The van der Waals surface area contributed by atoms with Gasteiger partial charge in [0.15, 0.2) is 0 Å². The standard InChI is InChI=1S/C19H19N2O3/c22-12-11-20-9-10-21-19(23)24-13-18-16-7-3-1-5-14(16)15-6-2-4-8-17(15)18/h1-8,18,20H,9-11,13H2,(H,21,23). The molecule has 5 nitrogen and oxygen atoms in total. The van der Waals surface area contributed by atoms with E-state index in [-0.39, 0.29) is 12.5 Å². The maximum absolute atomic E-state index is 11.8. The fourth-order valence-corrected chi connectivity index (χ4v) is 3.04. The van der Waals surface area contributed by atoms with Crippen molar-refractivity contribution in [2.45, 2.75) is 5.92 Å². The van der Waals surface area contributed by atoms with Crippen LogP contribution in [0.4, 0.5) is 4.79 Å². The topological polar surface area (TPSA) is 67.4 Å². The summed E-state index contributed by atoms with van der Waals surface area (Å²) in [5, 5.41) is 5.48. The van der Waals surface area contributed by atoms with Crippen LogP contribution in [0.3, 0.4) is 0 Å². The van der Waals surface area contributed by atoms with Crippen LogP contribution in [0.2, 0.25) is 0 Å². The Morgan fingerprint density at radius 1 is 1.00 bits per heavy atom. The second-order valence-electron chi connectivity index (χ2n) is 5.57. The van der Waals surface area contributed by atoms with Gasteiger partial charge in [-0.2, -0.15) is 0 Å². The smallest absolute Gasteiger partial charge is 0.407 e. The number of alkyl carbamates (subject to hydrolysis) is 1. The lowest BCUT2D eigenvalue weighted by Gasteiger charge is -2.14. The number of carbonyl (C=O) groups excluding carboxylic acids is 2. The molecule has 1 aliphatic carbocycles. The number of fused-ring (bicyclic) bond motifs is 3. The Morgan fingerprint density at radius 3 is 2.25 bits per heavy atom. The van der Waals surface area contributed by atoms with E-state index >= 15 is 0 Å². The van der Waals surface area contributed by atoms with E-state index in [0.717, 1.165) is 0 Å². The normalized spacial score (nSPS) is 12.3. The van der Waals surface area contributed by atoms with Gasteiger partial charge in [-0.25, -0.2) is 4.79 Å². The van der Waals surface area contributed by atoms with Gasteiger partial charge in [-0.3, -0.25) is 4.79 Å². The van der Waals surface area contributed by atoms with Crippen LogP contribution in [0.15, 0.2) is 48.5 Å². The minimum absolute atomic E-state index is 0.0611. The number of benzene rings is 2. The lowest BCUT2D eigenvalue weighted by atomic mass is 9.98. The Bertz CT molecular complexity index is 685. The Kier molecular flexibility index (Phi) is 5.23. The molecule has 2 aromatic carbocycles. The molecule has 2 aromatic rings. The number of amides is 1. The summed E-state index contributed by atoms with van der Waals surface area (Å²) < 4.78 is 5.39.